The highest BCUT2D eigenvalue weighted by molar-refractivity contribution is 8.26. The largest absolute Gasteiger partial charge is 0.481 e. The van der Waals surface area contributed by atoms with Gasteiger partial charge in [0, 0.05) is 23.1 Å². The summed E-state index contributed by atoms with van der Waals surface area (Å²) in [4.78, 5) is 36.2. The first-order valence-electron chi connectivity index (χ1n) is 8.33. The molecular formula is C19H14ClNO6S2. The SMILES string of the molecule is O=C(O)CC[C@@H](C(=O)O)N1C(=O)/C(=C/c2ccc(-c3ccc(Cl)cc3)o2)SC1=S. The lowest BCUT2D eigenvalue weighted by Gasteiger charge is -2.22. The molecule has 1 atom stereocenters. The van der Waals surface area contributed by atoms with Crippen LogP contribution in [0, 0.1) is 0 Å². The highest BCUT2D eigenvalue weighted by atomic mass is 35.5. The number of halogens is 1. The van der Waals surface area contributed by atoms with Crippen LogP contribution in [0.25, 0.3) is 17.4 Å². The Hall–Kier alpha value is -2.62. The average molecular weight is 452 g/mol. The molecule has 1 saturated heterocycles. The van der Waals surface area contributed by atoms with Gasteiger partial charge < -0.3 is 14.6 Å². The Morgan fingerprint density at radius 2 is 1.90 bits per heavy atom. The Labute approximate surface area is 179 Å². The number of carboxylic acids is 2. The molecule has 1 aliphatic heterocycles. The number of furan rings is 1. The van der Waals surface area contributed by atoms with Crippen molar-refractivity contribution in [2.75, 3.05) is 0 Å². The van der Waals surface area contributed by atoms with Crippen molar-refractivity contribution < 1.29 is 29.0 Å². The van der Waals surface area contributed by atoms with Crippen LogP contribution in [0.15, 0.2) is 45.7 Å². The number of carbonyl (C=O) groups is 3. The Bertz CT molecular complexity index is 1010. The van der Waals surface area contributed by atoms with Crippen molar-refractivity contribution in [2.45, 2.75) is 18.9 Å². The Balaban J connectivity index is 1.81. The summed E-state index contributed by atoms with van der Waals surface area (Å²) < 4.78 is 5.80. The molecule has 0 bridgehead atoms. The van der Waals surface area contributed by atoms with E-state index in [9.17, 15) is 19.5 Å². The number of thiocarbonyl (C=S) groups is 1. The summed E-state index contributed by atoms with van der Waals surface area (Å²) in [5.74, 6) is -2.09. The first kappa shape index (κ1) is 21.1. The molecule has 10 heteroatoms. The van der Waals surface area contributed by atoms with Gasteiger partial charge in [0.05, 0.1) is 4.91 Å². The van der Waals surface area contributed by atoms with E-state index < -0.39 is 30.3 Å². The number of carboxylic acid groups (broad SMARTS) is 2. The fourth-order valence-corrected chi connectivity index (χ4v) is 4.16. The van der Waals surface area contributed by atoms with Crippen LogP contribution in [-0.4, -0.2) is 43.3 Å². The van der Waals surface area contributed by atoms with Gasteiger partial charge in [0.25, 0.3) is 5.91 Å². The van der Waals surface area contributed by atoms with Crippen molar-refractivity contribution in [3.63, 3.8) is 0 Å². The zero-order chi connectivity index (χ0) is 21.1. The molecule has 3 rings (SSSR count). The number of hydrogen-bond acceptors (Lipinski definition) is 6. The van der Waals surface area contributed by atoms with E-state index in [0.29, 0.717) is 16.5 Å². The smallest absolute Gasteiger partial charge is 0.326 e. The highest BCUT2D eigenvalue weighted by Crippen LogP contribution is 2.35. The number of nitrogens with zero attached hydrogens (tertiary/aromatic N) is 1. The molecule has 0 saturated carbocycles. The second kappa shape index (κ2) is 8.81. The second-order valence-electron chi connectivity index (χ2n) is 6.05. The number of benzene rings is 1. The van der Waals surface area contributed by atoms with Crippen LogP contribution in [-0.2, 0) is 14.4 Å². The molecule has 1 aliphatic rings. The number of amides is 1. The number of rotatable bonds is 7. The van der Waals surface area contributed by atoms with E-state index in [0.717, 1.165) is 22.2 Å². The number of thioether (sulfide) groups is 1. The summed E-state index contributed by atoms with van der Waals surface area (Å²) in [6.45, 7) is 0. The zero-order valence-electron chi connectivity index (χ0n) is 14.7. The normalized spacial score (nSPS) is 16.4. The average Bonchev–Trinajstić information content (AvgIpc) is 3.22. The zero-order valence-corrected chi connectivity index (χ0v) is 17.1. The Morgan fingerprint density at radius 3 is 2.52 bits per heavy atom. The predicted octanol–water partition coefficient (Wildman–Crippen LogP) is 4.12. The van der Waals surface area contributed by atoms with Gasteiger partial charge in [0.2, 0.25) is 0 Å². The van der Waals surface area contributed by atoms with Crippen LogP contribution in [0.4, 0.5) is 0 Å². The van der Waals surface area contributed by atoms with Crippen molar-refractivity contribution in [3.8, 4) is 11.3 Å². The summed E-state index contributed by atoms with van der Waals surface area (Å²) >= 11 is 12.0. The minimum atomic E-state index is -1.34. The van der Waals surface area contributed by atoms with Gasteiger partial charge in [-0.1, -0.05) is 35.6 Å². The van der Waals surface area contributed by atoms with Gasteiger partial charge in [-0.05, 0) is 42.8 Å². The maximum atomic E-state index is 12.7. The minimum absolute atomic E-state index is 0.0588. The van der Waals surface area contributed by atoms with Gasteiger partial charge in [-0.25, -0.2) is 4.79 Å². The van der Waals surface area contributed by atoms with E-state index in [1.54, 1.807) is 36.4 Å². The molecule has 29 heavy (non-hydrogen) atoms. The summed E-state index contributed by atoms with van der Waals surface area (Å²) in [7, 11) is 0. The van der Waals surface area contributed by atoms with Crippen LogP contribution in [0.1, 0.15) is 18.6 Å². The van der Waals surface area contributed by atoms with E-state index in [2.05, 4.69) is 0 Å². The third-order valence-electron chi connectivity index (χ3n) is 4.08. The predicted molar refractivity (Wildman–Crippen MR) is 112 cm³/mol. The van der Waals surface area contributed by atoms with Crippen LogP contribution in [0.3, 0.4) is 0 Å². The van der Waals surface area contributed by atoms with Gasteiger partial charge in [-0.2, -0.15) is 0 Å². The van der Waals surface area contributed by atoms with Crippen LogP contribution in [0.2, 0.25) is 5.02 Å². The second-order valence-corrected chi connectivity index (χ2v) is 8.16. The van der Waals surface area contributed by atoms with Crippen LogP contribution < -0.4 is 0 Å². The molecule has 2 aromatic rings. The van der Waals surface area contributed by atoms with Gasteiger partial charge in [-0.3, -0.25) is 14.5 Å². The van der Waals surface area contributed by atoms with Crippen molar-refractivity contribution in [1.29, 1.82) is 0 Å². The topological polar surface area (TPSA) is 108 Å². The molecule has 150 valence electrons. The first-order chi connectivity index (χ1) is 13.8. The number of hydrogen-bond donors (Lipinski definition) is 2. The molecule has 1 aromatic carbocycles. The lowest BCUT2D eigenvalue weighted by atomic mass is 10.1. The van der Waals surface area contributed by atoms with Crippen LogP contribution >= 0.6 is 35.6 Å². The fourth-order valence-electron chi connectivity index (χ4n) is 2.70. The molecule has 2 heterocycles. The summed E-state index contributed by atoms with van der Waals surface area (Å²) in [5.41, 5.74) is 0.807. The first-order valence-corrected chi connectivity index (χ1v) is 9.94. The third kappa shape index (κ3) is 4.87. The number of aliphatic carboxylic acids is 2. The summed E-state index contributed by atoms with van der Waals surface area (Å²) in [5, 5.41) is 18.8. The van der Waals surface area contributed by atoms with Gasteiger partial charge in [0.15, 0.2) is 0 Å². The quantitative estimate of drug-likeness (QED) is 0.478. The lowest BCUT2D eigenvalue weighted by Crippen LogP contribution is -2.44. The molecule has 1 fully saturated rings. The molecule has 2 N–H and O–H groups in total. The maximum absolute atomic E-state index is 12.7. The molecule has 1 amide bonds. The van der Waals surface area contributed by atoms with Gasteiger partial charge in [-0.15, -0.1) is 0 Å². The van der Waals surface area contributed by atoms with E-state index in [1.807, 2.05) is 0 Å². The van der Waals surface area contributed by atoms with E-state index >= 15 is 0 Å². The Morgan fingerprint density at radius 1 is 1.21 bits per heavy atom. The fraction of sp³-hybridized carbons (Fsp3) is 0.158. The summed E-state index contributed by atoms with van der Waals surface area (Å²) in [6, 6.07) is 9.12. The van der Waals surface area contributed by atoms with Gasteiger partial charge >= 0.3 is 11.9 Å². The molecule has 1 aromatic heterocycles. The third-order valence-corrected chi connectivity index (χ3v) is 5.66. The van der Waals surface area contributed by atoms with Crippen molar-refractivity contribution in [2.24, 2.45) is 0 Å². The van der Waals surface area contributed by atoms with Gasteiger partial charge in [0.1, 0.15) is 21.9 Å². The maximum Gasteiger partial charge on any atom is 0.326 e. The molecule has 0 aliphatic carbocycles. The minimum Gasteiger partial charge on any atom is -0.481 e. The highest BCUT2D eigenvalue weighted by Gasteiger charge is 2.40. The molecule has 7 nitrogen and oxygen atoms in total. The molecular weight excluding hydrogens is 438 g/mol. The summed E-state index contributed by atoms with van der Waals surface area (Å²) in [6.07, 6.45) is 0.844. The molecule has 0 unspecified atom stereocenters. The number of carbonyl (C=O) groups excluding carboxylic acids is 1. The Kier molecular flexibility index (Phi) is 6.41. The van der Waals surface area contributed by atoms with E-state index in [-0.39, 0.29) is 15.6 Å². The lowest BCUT2D eigenvalue weighted by molar-refractivity contribution is -0.146. The van der Waals surface area contributed by atoms with Crippen molar-refractivity contribution in [3.05, 3.63) is 52.1 Å². The van der Waals surface area contributed by atoms with E-state index in [1.165, 1.54) is 6.08 Å². The molecule has 0 spiro atoms. The van der Waals surface area contributed by atoms with E-state index in [4.69, 9.17) is 33.3 Å². The molecule has 0 radical (unpaired) electrons. The standard InChI is InChI=1S/C19H14ClNO6S2/c20-11-3-1-10(2-4-11)14-7-5-12(27-14)9-15-17(24)21(19(28)29-15)13(18(25)26)6-8-16(22)23/h1-5,7,9,13H,6,8H2,(H,22,23)(H,25,26)/b15-9-/t13-/m0/s1. The monoisotopic (exact) mass is 451 g/mol. The van der Waals surface area contributed by atoms with Crippen LogP contribution in [0.5, 0.6) is 0 Å². The van der Waals surface area contributed by atoms with Crippen molar-refractivity contribution >= 4 is 63.8 Å². The van der Waals surface area contributed by atoms with Crippen molar-refractivity contribution in [1.82, 2.24) is 4.90 Å².